The van der Waals surface area contributed by atoms with E-state index in [1.807, 2.05) is 19.9 Å². The number of hydrogen-bond donors (Lipinski definition) is 2. The van der Waals surface area contributed by atoms with Gasteiger partial charge in [-0.1, -0.05) is 32.9 Å². The second kappa shape index (κ2) is 8.67. The third kappa shape index (κ3) is 5.76. The molecule has 4 nitrogen and oxygen atoms in total. The molecule has 1 amide bonds. The lowest BCUT2D eigenvalue weighted by Crippen LogP contribution is -2.39. The van der Waals surface area contributed by atoms with Crippen LogP contribution in [-0.2, 0) is 4.79 Å². The first-order valence-corrected chi connectivity index (χ1v) is 7.71. The number of hydrogen-bond acceptors (Lipinski definition) is 3. The second-order valence-corrected chi connectivity index (χ2v) is 5.60. The first-order chi connectivity index (χ1) is 9.95. The summed E-state index contributed by atoms with van der Waals surface area (Å²) >= 11 is 0. The van der Waals surface area contributed by atoms with Crippen molar-refractivity contribution in [3.8, 4) is 5.75 Å². The Morgan fingerprint density at radius 2 is 1.95 bits per heavy atom. The summed E-state index contributed by atoms with van der Waals surface area (Å²) in [5.41, 5.74) is 2.27. The van der Waals surface area contributed by atoms with Gasteiger partial charge in [-0.2, -0.15) is 0 Å². The minimum atomic E-state index is -0.495. The summed E-state index contributed by atoms with van der Waals surface area (Å²) in [7, 11) is 0. The maximum Gasteiger partial charge on any atom is 0.260 e. The molecule has 1 aromatic rings. The van der Waals surface area contributed by atoms with Crippen LogP contribution in [0.15, 0.2) is 18.2 Å². The maximum absolute atomic E-state index is 12.0. The molecule has 1 aromatic carbocycles. The minimum absolute atomic E-state index is 0.0795. The second-order valence-electron chi connectivity index (χ2n) is 5.60. The summed E-state index contributed by atoms with van der Waals surface area (Å²) in [6.45, 7) is 12.4. The van der Waals surface area contributed by atoms with Crippen molar-refractivity contribution < 1.29 is 9.53 Å². The molecule has 0 spiro atoms. The zero-order chi connectivity index (χ0) is 15.8. The van der Waals surface area contributed by atoms with Crippen molar-refractivity contribution in [3.63, 3.8) is 0 Å². The Bertz CT molecular complexity index is 458. The predicted octanol–water partition coefficient (Wildman–Crippen LogP) is 2.61. The Labute approximate surface area is 128 Å². The van der Waals surface area contributed by atoms with E-state index < -0.39 is 6.10 Å². The van der Waals surface area contributed by atoms with Crippen molar-refractivity contribution in [2.45, 2.75) is 46.6 Å². The smallest absolute Gasteiger partial charge is 0.260 e. The first-order valence-electron chi connectivity index (χ1n) is 7.71. The number of carbonyl (C=O) groups excluding carboxylic acids is 1. The lowest BCUT2D eigenvalue weighted by Gasteiger charge is -2.19. The Hall–Kier alpha value is -1.55. The lowest BCUT2D eigenvalue weighted by molar-refractivity contribution is -0.127. The van der Waals surface area contributed by atoms with Crippen LogP contribution in [0.3, 0.4) is 0 Å². The molecule has 0 saturated carbocycles. The van der Waals surface area contributed by atoms with Gasteiger partial charge >= 0.3 is 0 Å². The quantitative estimate of drug-likeness (QED) is 0.724. The van der Waals surface area contributed by atoms with E-state index in [1.54, 1.807) is 6.92 Å². The molecule has 0 aromatic heterocycles. The predicted molar refractivity (Wildman–Crippen MR) is 86.9 cm³/mol. The Morgan fingerprint density at radius 3 is 2.57 bits per heavy atom. The van der Waals surface area contributed by atoms with E-state index in [4.69, 9.17) is 4.74 Å². The molecular formula is C17H28N2O2. The number of aryl methyl sites for hydroxylation is 1. The number of amides is 1. The van der Waals surface area contributed by atoms with Crippen molar-refractivity contribution >= 4 is 5.91 Å². The summed E-state index contributed by atoms with van der Waals surface area (Å²) in [6, 6.07) is 6.15. The third-order valence-electron chi connectivity index (χ3n) is 3.32. The van der Waals surface area contributed by atoms with E-state index >= 15 is 0 Å². The highest BCUT2D eigenvalue weighted by atomic mass is 16.5. The van der Waals surface area contributed by atoms with Gasteiger partial charge in [-0.3, -0.25) is 4.79 Å². The van der Waals surface area contributed by atoms with Crippen molar-refractivity contribution in [3.05, 3.63) is 29.3 Å². The van der Waals surface area contributed by atoms with Crippen molar-refractivity contribution in [1.29, 1.82) is 0 Å². The number of likely N-dealkylation sites (N-methyl/N-ethyl adjacent to an activating group) is 1. The van der Waals surface area contributed by atoms with Crippen LogP contribution in [0.25, 0.3) is 0 Å². The zero-order valence-corrected chi connectivity index (χ0v) is 13.8. The SMILES string of the molecule is CCNCCNC(=O)C(C)Oc1cc(C)ccc1C(C)C. The van der Waals surface area contributed by atoms with Crippen LogP contribution < -0.4 is 15.4 Å². The summed E-state index contributed by atoms with van der Waals surface area (Å²) in [4.78, 5) is 12.0. The van der Waals surface area contributed by atoms with Gasteiger partial charge in [0, 0.05) is 13.1 Å². The molecule has 0 heterocycles. The van der Waals surface area contributed by atoms with E-state index in [9.17, 15) is 4.79 Å². The molecule has 1 rings (SSSR count). The van der Waals surface area contributed by atoms with Crippen LogP contribution in [-0.4, -0.2) is 31.6 Å². The third-order valence-corrected chi connectivity index (χ3v) is 3.32. The maximum atomic E-state index is 12.0. The first kappa shape index (κ1) is 17.5. The van der Waals surface area contributed by atoms with Crippen LogP contribution in [0.5, 0.6) is 5.75 Å². The normalized spacial score (nSPS) is 12.3. The van der Waals surface area contributed by atoms with Gasteiger partial charge in [-0.25, -0.2) is 0 Å². The molecule has 0 bridgehead atoms. The van der Waals surface area contributed by atoms with Gasteiger partial charge in [-0.15, -0.1) is 0 Å². The molecule has 0 saturated heterocycles. The van der Waals surface area contributed by atoms with Crippen LogP contribution >= 0.6 is 0 Å². The molecule has 0 fully saturated rings. The molecule has 1 unspecified atom stereocenters. The monoisotopic (exact) mass is 292 g/mol. The Kier molecular flexibility index (Phi) is 7.23. The standard InChI is InChI=1S/C17H28N2O2/c1-6-18-9-10-19-17(20)14(5)21-16-11-13(4)7-8-15(16)12(2)3/h7-8,11-12,14,18H,6,9-10H2,1-5H3,(H,19,20). The lowest BCUT2D eigenvalue weighted by atomic mass is 10.0. The number of carbonyl (C=O) groups is 1. The van der Waals surface area contributed by atoms with E-state index in [0.717, 1.165) is 30.0 Å². The molecule has 0 radical (unpaired) electrons. The highest BCUT2D eigenvalue weighted by Gasteiger charge is 2.17. The van der Waals surface area contributed by atoms with E-state index in [-0.39, 0.29) is 5.91 Å². The Balaban J connectivity index is 2.63. The van der Waals surface area contributed by atoms with Gasteiger partial charge in [0.2, 0.25) is 0 Å². The summed E-state index contributed by atoms with van der Waals surface area (Å²) in [5, 5.41) is 6.04. The van der Waals surface area contributed by atoms with Crippen molar-refractivity contribution in [1.82, 2.24) is 10.6 Å². The topological polar surface area (TPSA) is 50.4 Å². The van der Waals surface area contributed by atoms with Crippen LogP contribution in [0.2, 0.25) is 0 Å². The van der Waals surface area contributed by atoms with Crippen molar-refractivity contribution in [2.75, 3.05) is 19.6 Å². The van der Waals surface area contributed by atoms with Gasteiger partial charge < -0.3 is 15.4 Å². The fourth-order valence-corrected chi connectivity index (χ4v) is 2.06. The van der Waals surface area contributed by atoms with Crippen LogP contribution in [0.4, 0.5) is 0 Å². The van der Waals surface area contributed by atoms with Gasteiger partial charge in [0.15, 0.2) is 6.10 Å². The molecule has 0 aliphatic heterocycles. The van der Waals surface area contributed by atoms with Crippen LogP contribution in [0.1, 0.15) is 44.7 Å². The average Bonchev–Trinajstić information content (AvgIpc) is 2.43. The fraction of sp³-hybridized carbons (Fsp3) is 0.588. The summed E-state index contributed by atoms with van der Waals surface area (Å²) < 4.78 is 5.87. The summed E-state index contributed by atoms with van der Waals surface area (Å²) in [6.07, 6.45) is -0.495. The van der Waals surface area contributed by atoms with E-state index in [2.05, 4.69) is 36.6 Å². The summed E-state index contributed by atoms with van der Waals surface area (Å²) in [5.74, 6) is 1.09. The number of rotatable bonds is 8. The number of ether oxygens (including phenoxy) is 1. The molecule has 21 heavy (non-hydrogen) atoms. The van der Waals surface area contributed by atoms with Gasteiger partial charge in [0.25, 0.3) is 5.91 Å². The van der Waals surface area contributed by atoms with Gasteiger partial charge in [-0.05, 0) is 43.5 Å². The number of benzene rings is 1. The molecule has 4 heteroatoms. The zero-order valence-electron chi connectivity index (χ0n) is 13.8. The molecule has 118 valence electrons. The highest BCUT2D eigenvalue weighted by molar-refractivity contribution is 5.80. The molecule has 0 aliphatic carbocycles. The number of nitrogens with one attached hydrogen (secondary N) is 2. The van der Waals surface area contributed by atoms with Gasteiger partial charge in [0.05, 0.1) is 0 Å². The van der Waals surface area contributed by atoms with Crippen molar-refractivity contribution in [2.24, 2.45) is 0 Å². The largest absolute Gasteiger partial charge is 0.481 e. The molecule has 0 aliphatic rings. The highest BCUT2D eigenvalue weighted by Crippen LogP contribution is 2.28. The Morgan fingerprint density at radius 1 is 1.24 bits per heavy atom. The average molecular weight is 292 g/mol. The van der Waals surface area contributed by atoms with Gasteiger partial charge in [0.1, 0.15) is 5.75 Å². The molecular weight excluding hydrogens is 264 g/mol. The fourth-order valence-electron chi connectivity index (χ4n) is 2.06. The molecule has 2 N–H and O–H groups in total. The molecule has 1 atom stereocenters. The van der Waals surface area contributed by atoms with E-state index in [1.165, 1.54) is 0 Å². The van der Waals surface area contributed by atoms with Crippen LogP contribution in [0, 0.1) is 6.92 Å². The minimum Gasteiger partial charge on any atom is -0.481 e. The van der Waals surface area contributed by atoms with E-state index in [0.29, 0.717) is 12.5 Å².